The number of hydrogen-bond acceptors (Lipinski definition) is 4. The van der Waals surface area contributed by atoms with E-state index < -0.39 is 12.1 Å². The summed E-state index contributed by atoms with van der Waals surface area (Å²) >= 11 is 0. The van der Waals surface area contributed by atoms with Crippen LogP contribution >= 0.6 is 0 Å². The average Bonchev–Trinajstić information content (AvgIpc) is 2.58. The first kappa shape index (κ1) is 17.5. The molecular formula is C19H21NO4. The number of hydrogen-bond donors (Lipinski definition) is 1. The standard InChI is InChI=1S/C19H21NO4/c1-12-5-10-17(11-13(12)2)24-14(3)18(21)20-16-8-6-15(7-9-16)19(22)23-4/h5-11,14H,1-4H3,(H,20,21). The molecule has 1 atom stereocenters. The van der Waals surface area contributed by atoms with Gasteiger partial charge < -0.3 is 14.8 Å². The third kappa shape index (κ3) is 4.35. The Kier molecular flexibility index (Phi) is 5.58. The number of methoxy groups -OCH3 is 1. The van der Waals surface area contributed by atoms with E-state index >= 15 is 0 Å². The van der Waals surface area contributed by atoms with Gasteiger partial charge in [0.15, 0.2) is 6.10 Å². The molecule has 0 saturated heterocycles. The highest BCUT2D eigenvalue weighted by Gasteiger charge is 2.15. The Bertz CT molecular complexity index is 738. The lowest BCUT2D eigenvalue weighted by Crippen LogP contribution is -2.30. The normalized spacial score (nSPS) is 11.5. The highest BCUT2D eigenvalue weighted by molar-refractivity contribution is 5.95. The summed E-state index contributed by atoms with van der Waals surface area (Å²) in [4.78, 5) is 23.6. The molecule has 0 heterocycles. The number of aryl methyl sites for hydroxylation is 2. The number of benzene rings is 2. The molecule has 5 heteroatoms. The highest BCUT2D eigenvalue weighted by Crippen LogP contribution is 2.18. The summed E-state index contributed by atoms with van der Waals surface area (Å²) < 4.78 is 10.3. The van der Waals surface area contributed by atoms with Crippen LogP contribution in [0, 0.1) is 13.8 Å². The Morgan fingerprint density at radius 2 is 1.67 bits per heavy atom. The third-order valence-corrected chi connectivity index (χ3v) is 3.73. The molecule has 5 nitrogen and oxygen atoms in total. The predicted molar refractivity (Wildman–Crippen MR) is 92.4 cm³/mol. The van der Waals surface area contributed by atoms with Gasteiger partial charge >= 0.3 is 5.97 Å². The number of carbonyl (C=O) groups is 2. The maximum Gasteiger partial charge on any atom is 0.337 e. The number of carbonyl (C=O) groups excluding carboxylic acids is 2. The van der Waals surface area contributed by atoms with E-state index in [1.54, 1.807) is 31.2 Å². The van der Waals surface area contributed by atoms with Crippen LogP contribution in [0.25, 0.3) is 0 Å². The summed E-state index contributed by atoms with van der Waals surface area (Å²) in [6.07, 6.45) is -0.646. The molecule has 0 aliphatic carbocycles. The molecule has 0 saturated carbocycles. The molecule has 0 spiro atoms. The van der Waals surface area contributed by atoms with Gasteiger partial charge in [-0.15, -0.1) is 0 Å². The predicted octanol–water partition coefficient (Wildman–Crippen LogP) is 3.50. The summed E-state index contributed by atoms with van der Waals surface area (Å²) in [5.41, 5.74) is 3.29. The lowest BCUT2D eigenvalue weighted by Gasteiger charge is -2.15. The van der Waals surface area contributed by atoms with Crippen LogP contribution in [0.15, 0.2) is 42.5 Å². The summed E-state index contributed by atoms with van der Waals surface area (Å²) in [5.74, 6) is -0.0276. The molecule has 1 unspecified atom stereocenters. The van der Waals surface area contributed by atoms with Crippen molar-refractivity contribution in [3.63, 3.8) is 0 Å². The van der Waals surface area contributed by atoms with Crippen molar-refractivity contribution < 1.29 is 19.1 Å². The lowest BCUT2D eigenvalue weighted by atomic mass is 10.1. The molecule has 1 amide bonds. The van der Waals surface area contributed by atoms with Crippen LogP contribution in [0.5, 0.6) is 5.75 Å². The Labute approximate surface area is 141 Å². The topological polar surface area (TPSA) is 64.6 Å². The van der Waals surface area contributed by atoms with Crippen LogP contribution in [0.1, 0.15) is 28.4 Å². The first-order valence-electron chi connectivity index (χ1n) is 7.64. The second-order valence-corrected chi connectivity index (χ2v) is 5.56. The number of anilines is 1. The molecular weight excluding hydrogens is 306 g/mol. The molecule has 2 aromatic carbocycles. The van der Waals surface area contributed by atoms with Gasteiger partial charge in [0.05, 0.1) is 12.7 Å². The van der Waals surface area contributed by atoms with E-state index in [0.29, 0.717) is 17.0 Å². The minimum absolute atomic E-state index is 0.265. The number of rotatable bonds is 5. The number of ether oxygens (including phenoxy) is 2. The van der Waals surface area contributed by atoms with Crippen molar-refractivity contribution in [1.82, 2.24) is 0 Å². The highest BCUT2D eigenvalue weighted by atomic mass is 16.5. The summed E-state index contributed by atoms with van der Waals surface area (Å²) in [5, 5.41) is 2.76. The molecule has 2 rings (SSSR count). The minimum atomic E-state index is -0.646. The van der Waals surface area contributed by atoms with E-state index in [9.17, 15) is 9.59 Å². The Morgan fingerprint density at radius 1 is 1.00 bits per heavy atom. The van der Waals surface area contributed by atoms with Gasteiger partial charge in [0.2, 0.25) is 0 Å². The van der Waals surface area contributed by atoms with Crippen molar-refractivity contribution >= 4 is 17.6 Å². The maximum atomic E-state index is 12.2. The molecule has 0 fully saturated rings. The fourth-order valence-electron chi connectivity index (χ4n) is 2.10. The molecule has 0 bridgehead atoms. The van der Waals surface area contributed by atoms with Crippen molar-refractivity contribution in [2.75, 3.05) is 12.4 Å². The average molecular weight is 327 g/mol. The Balaban J connectivity index is 1.98. The lowest BCUT2D eigenvalue weighted by molar-refractivity contribution is -0.122. The Hall–Kier alpha value is -2.82. The van der Waals surface area contributed by atoms with Gasteiger partial charge in [0, 0.05) is 5.69 Å². The van der Waals surface area contributed by atoms with Gasteiger partial charge in [-0.05, 0) is 68.3 Å². The molecule has 0 radical (unpaired) electrons. The van der Waals surface area contributed by atoms with E-state index in [0.717, 1.165) is 5.56 Å². The molecule has 0 aliphatic heterocycles. The minimum Gasteiger partial charge on any atom is -0.481 e. The SMILES string of the molecule is COC(=O)c1ccc(NC(=O)C(C)Oc2ccc(C)c(C)c2)cc1. The van der Waals surface area contributed by atoms with E-state index in [2.05, 4.69) is 10.1 Å². The molecule has 126 valence electrons. The van der Waals surface area contributed by atoms with Crippen LogP contribution < -0.4 is 10.1 Å². The van der Waals surface area contributed by atoms with Gasteiger partial charge in [-0.3, -0.25) is 4.79 Å². The maximum absolute atomic E-state index is 12.2. The molecule has 0 aromatic heterocycles. The number of amides is 1. The second-order valence-electron chi connectivity index (χ2n) is 5.56. The van der Waals surface area contributed by atoms with Crippen LogP contribution in [-0.4, -0.2) is 25.1 Å². The number of nitrogens with one attached hydrogen (secondary N) is 1. The summed E-state index contributed by atoms with van der Waals surface area (Å²) in [6.45, 7) is 5.70. The van der Waals surface area contributed by atoms with Crippen molar-refractivity contribution in [1.29, 1.82) is 0 Å². The van der Waals surface area contributed by atoms with Crippen LogP contribution in [0.2, 0.25) is 0 Å². The zero-order valence-electron chi connectivity index (χ0n) is 14.3. The van der Waals surface area contributed by atoms with Crippen molar-refractivity contribution in [2.45, 2.75) is 26.9 Å². The molecule has 24 heavy (non-hydrogen) atoms. The largest absolute Gasteiger partial charge is 0.481 e. The van der Waals surface area contributed by atoms with E-state index in [4.69, 9.17) is 4.74 Å². The van der Waals surface area contributed by atoms with E-state index in [-0.39, 0.29) is 5.91 Å². The molecule has 1 N–H and O–H groups in total. The Morgan fingerprint density at radius 3 is 2.25 bits per heavy atom. The van der Waals surface area contributed by atoms with Gasteiger partial charge in [-0.25, -0.2) is 4.79 Å². The first-order chi connectivity index (χ1) is 11.4. The van der Waals surface area contributed by atoms with Crippen molar-refractivity contribution in [2.24, 2.45) is 0 Å². The zero-order valence-corrected chi connectivity index (χ0v) is 14.3. The van der Waals surface area contributed by atoms with Gasteiger partial charge in [-0.1, -0.05) is 6.07 Å². The van der Waals surface area contributed by atoms with E-state index in [1.807, 2.05) is 32.0 Å². The van der Waals surface area contributed by atoms with Gasteiger partial charge in [-0.2, -0.15) is 0 Å². The van der Waals surface area contributed by atoms with Crippen LogP contribution in [0.4, 0.5) is 5.69 Å². The fraction of sp³-hybridized carbons (Fsp3) is 0.263. The first-order valence-corrected chi connectivity index (χ1v) is 7.64. The number of esters is 1. The fourth-order valence-corrected chi connectivity index (χ4v) is 2.10. The van der Waals surface area contributed by atoms with Gasteiger partial charge in [0.25, 0.3) is 5.91 Å². The zero-order chi connectivity index (χ0) is 17.7. The smallest absolute Gasteiger partial charge is 0.337 e. The van der Waals surface area contributed by atoms with Gasteiger partial charge in [0.1, 0.15) is 5.75 Å². The van der Waals surface area contributed by atoms with Crippen molar-refractivity contribution in [3.05, 3.63) is 59.2 Å². The van der Waals surface area contributed by atoms with Crippen molar-refractivity contribution in [3.8, 4) is 5.75 Å². The quantitative estimate of drug-likeness (QED) is 0.854. The summed E-state index contributed by atoms with van der Waals surface area (Å²) in [6, 6.07) is 12.2. The monoisotopic (exact) mass is 327 g/mol. The van der Waals surface area contributed by atoms with Crippen LogP contribution in [0.3, 0.4) is 0 Å². The summed E-state index contributed by atoms with van der Waals surface area (Å²) in [7, 11) is 1.32. The second kappa shape index (κ2) is 7.64. The molecule has 0 aliphatic rings. The molecule has 2 aromatic rings. The van der Waals surface area contributed by atoms with Crippen LogP contribution in [-0.2, 0) is 9.53 Å². The third-order valence-electron chi connectivity index (χ3n) is 3.73. The van der Waals surface area contributed by atoms with E-state index in [1.165, 1.54) is 12.7 Å².